The minimum Gasteiger partial charge on any atom is -0.276 e. The number of aromatic nitrogens is 6. The van der Waals surface area contributed by atoms with Crippen molar-refractivity contribution >= 4 is 27.8 Å². The molecule has 38 heavy (non-hydrogen) atoms. The molecule has 0 aliphatic rings. The molecule has 7 rings (SSSR count). The van der Waals surface area contributed by atoms with Crippen LogP contribution in [0.25, 0.3) is 56.6 Å². The molecule has 0 unspecified atom stereocenters. The van der Waals surface area contributed by atoms with Gasteiger partial charge in [-0.15, -0.1) is 0 Å². The first-order valence-electron chi connectivity index (χ1n) is 12.8. The van der Waals surface area contributed by atoms with E-state index >= 15 is 0 Å². The molecule has 6 nitrogen and oxygen atoms in total. The monoisotopic (exact) mass is 494 g/mol. The quantitative estimate of drug-likeness (QED) is 0.261. The van der Waals surface area contributed by atoms with E-state index in [9.17, 15) is 0 Å². The van der Waals surface area contributed by atoms with E-state index in [1.165, 1.54) is 11.1 Å². The topological polar surface area (TPSA) is 60.9 Å². The van der Waals surface area contributed by atoms with Crippen molar-refractivity contribution in [3.8, 4) is 28.7 Å². The lowest BCUT2D eigenvalue weighted by Gasteiger charge is -2.12. The van der Waals surface area contributed by atoms with Crippen molar-refractivity contribution in [1.29, 1.82) is 0 Å². The summed E-state index contributed by atoms with van der Waals surface area (Å²) in [5, 5.41) is 0. The number of hydrogen-bond donors (Lipinski definition) is 0. The van der Waals surface area contributed by atoms with Crippen LogP contribution < -0.4 is 0 Å². The fraction of sp³-hybridized carbons (Fsp3) is 0.125. The fourth-order valence-corrected chi connectivity index (χ4v) is 5.34. The highest BCUT2D eigenvalue weighted by Crippen LogP contribution is 2.32. The van der Waals surface area contributed by atoms with Gasteiger partial charge in [0.2, 0.25) is 11.7 Å². The van der Waals surface area contributed by atoms with Crippen LogP contribution in [0.3, 0.4) is 0 Å². The van der Waals surface area contributed by atoms with Crippen molar-refractivity contribution in [3.63, 3.8) is 0 Å². The minimum absolute atomic E-state index is 0.547. The van der Waals surface area contributed by atoms with Gasteiger partial charge in [-0.1, -0.05) is 66.7 Å². The zero-order chi connectivity index (χ0) is 26.0. The Balaban J connectivity index is 1.61. The van der Waals surface area contributed by atoms with Gasteiger partial charge >= 0.3 is 0 Å². The summed E-state index contributed by atoms with van der Waals surface area (Å²) in [5.74, 6) is 2.61. The third-order valence-corrected chi connectivity index (χ3v) is 7.34. The highest BCUT2D eigenvalue weighted by molar-refractivity contribution is 5.93. The van der Waals surface area contributed by atoms with Crippen LogP contribution in [-0.4, -0.2) is 28.9 Å². The highest BCUT2D eigenvalue weighted by Gasteiger charge is 2.22. The van der Waals surface area contributed by atoms with E-state index in [1.54, 1.807) is 0 Å². The molecule has 0 radical (unpaired) electrons. The molecule has 0 fully saturated rings. The average Bonchev–Trinajstić information content (AvgIpc) is 3.45. The highest BCUT2D eigenvalue weighted by atomic mass is 15.3. The molecule has 0 spiro atoms. The summed E-state index contributed by atoms with van der Waals surface area (Å²) in [4.78, 5) is 20.2. The lowest BCUT2D eigenvalue weighted by molar-refractivity contribution is 0.936. The van der Waals surface area contributed by atoms with Gasteiger partial charge in [0.25, 0.3) is 0 Å². The van der Waals surface area contributed by atoms with E-state index in [-0.39, 0.29) is 0 Å². The maximum atomic E-state index is 5.13. The standard InChI is InChI=1S/C32H26N6/c1-19-17-21(3)28-27(18-19)37-25-15-8-9-16-26(25)38(32(37)33-28)31-35-29(23-12-6-5-7-13-23)34-30(36-31)24-14-10-11-20(2)22(24)4/h5-18H,1-4H3. The van der Waals surface area contributed by atoms with Gasteiger partial charge in [0.05, 0.1) is 22.1 Å². The molecule has 4 aromatic carbocycles. The SMILES string of the molecule is Cc1cc(C)c2nc3n(-c4nc(-c5ccccc5)nc(-c5cccc(C)c5C)n4)c4ccccc4n3c2c1. The first-order valence-corrected chi connectivity index (χ1v) is 12.8. The molecular weight excluding hydrogens is 468 g/mol. The van der Waals surface area contributed by atoms with Crippen LogP contribution in [0.1, 0.15) is 22.3 Å². The first kappa shape index (κ1) is 22.4. The van der Waals surface area contributed by atoms with Crippen LogP contribution in [0.5, 0.6) is 0 Å². The predicted octanol–water partition coefficient (Wildman–Crippen LogP) is 7.18. The van der Waals surface area contributed by atoms with Crippen LogP contribution in [-0.2, 0) is 0 Å². The number of rotatable bonds is 3. The summed E-state index contributed by atoms with van der Waals surface area (Å²) in [5.41, 5.74) is 10.8. The number of hydrogen-bond acceptors (Lipinski definition) is 4. The van der Waals surface area contributed by atoms with E-state index in [0.717, 1.165) is 50.1 Å². The second-order valence-electron chi connectivity index (χ2n) is 9.92. The molecule has 184 valence electrons. The van der Waals surface area contributed by atoms with Gasteiger partial charge in [0.15, 0.2) is 11.6 Å². The summed E-state index contributed by atoms with van der Waals surface area (Å²) in [7, 11) is 0. The molecule has 0 saturated heterocycles. The molecule has 0 amide bonds. The van der Waals surface area contributed by atoms with E-state index < -0.39 is 0 Å². The maximum absolute atomic E-state index is 5.13. The Morgan fingerprint density at radius 3 is 2.13 bits per heavy atom. The fourth-order valence-electron chi connectivity index (χ4n) is 5.34. The Bertz CT molecular complexity index is 2010. The number of para-hydroxylation sites is 2. The maximum Gasteiger partial charge on any atom is 0.241 e. The summed E-state index contributed by atoms with van der Waals surface area (Å²) in [6.45, 7) is 8.47. The molecule has 0 aliphatic heterocycles. The second-order valence-corrected chi connectivity index (χ2v) is 9.92. The largest absolute Gasteiger partial charge is 0.276 e. The van der Waals surface area contributed by atoms with Gasteiger partial charge in [-0.2, -0.15) is 9.97 Å². The van der Waals surface area contributed by atoms with Crippen molar-refractivity contribution < 1.29 is 0 Å². The van der Waals surface area contributed by atoms with Crippen molar-refractivity contribution in [2.24, 2.45) is 0 Å². The van der Waals surface area contributed by atoms with Gasteiger partial charge in [-0.05, 0) is 68.1 Å². The summed E-state index contributed by atoms with van der Waals surface area (Å²) in [6, 6.07) is 29.0. The van der Waals surface area contributed by atoms with Crippen molar-refractivity contribution in [1.82, 2.24) is 28.9 Å². The lowest BCUT2D eigenvalue weighted by Crippen LogP contribution is -2.07. The number of benzene rings is 4. The van der Waals surface area contributed by atoms with Gasteiger partial charge < -0.3 is 0 Å². The zero-order valence-corrected chi connectivity index (χ0v) is 21.8. The summed E-state index contributed by atoms with van der Waals surface area (Å²) in [6.07, 6.45) is 0. The molecule has 3 heterocycles. The van der Waals surface area contributed by atoms with E-state index in [0.29, 0.717) is 17.6 Å². The van der Waals surface area contributed by atoms with Crippen molar-refractivity contribution in [2.45, 2.75) is 27.7 Å². The van der Waals surface area contributed by atoms with Gasteiger partial charge in [0, 0.05) is 11.1 Å². The minimum atomic E-state index is 0.547. The molecule has 3 aromatic heterocycles. The number of imidazole rings is 2. The number of aryl methyl sites for hydroxylation is 3. The van der Waals surface area contributed by atoms with Gasteiger partial charge in [-0.25, -0.2) is 14.5 Å². The molecule has 6 heteroatoms. The van der Waals surface area contributed by atoms with E-state index in [4.69, 9.17) is 19.9 Å². The predicted molar refractivity (Wildman–Crippen MR) is 153 cm³/mol. The third kappa shape index (κ3) is 3.34. The third-order valence-electron chi connectivity index (χ3n) is 7.34. The van der Waals surface area contributed by atoms with Crippen LogP contribution in [0.15, 0.2) is 84.9 Å². The molecule has 0 N–H and O–H groups in total. The molecule has 0 bridgehead atoms. The molecule has 7 aromatic rings. The smallest absolute Gasteiger partial charge is 0.241 e. The van der Waals surface area contributed by atoms with Gasteiger partial charge in [0.1, 0.15) is 0 Å². The Kier molecular flexibility index (Phi) is 4.91. The Hall–Kier alpha value is -4.84. The molecule has 0 atom stereocenters. The lowest BCUT2D eigenvalue weighted by atomic mass is 10.0. The number of fused-ring (bicyclic) bond motifs is 5. The normalized spacial score (nSPS) is 11.7. The Morgan fingerprint density at radius 1 is 0.579 bits per heavy atom. The summed E-state index contributed by atoms with van der Waals surface area (Å²) >= 11 is 0. The average molecular weight is 495 g/mol. The van der Waals surface area contributed by atoms with Crippen molar-refractivity contribution in [2.75, 3.05) is 0 Å². The van der Waals surface area contributed by atoms with E-state index in [1.807, 2.05) is 36.4 Å². The molecular formula is C32H26N6. The van der Waals surface area contributed by atoms with Crippen LogP contribution >= 0.6 is 0 Å². The summed E-state index contributed by atoms with van der Waals surface area (Å²) < 4.78 is 4.28. The number of nitrogens with zero attached hydrogens (tertiary/aromatic N) is 6. The van der Waals surface area contributed by atoms with Crippen LogP contribution in [0.4, 0.5) is 0 Å². The van der Waals surface area contributed by atoms with Crippen molar-refractivity contribution in [3.05, 3.63) is 107 Å². The Labute approximate surface area is 220 Å². The second kappa shape index (κ2) is 8.35. The molecule has 0 aliphatic carbocycles. The van der Waals surface area contributed by atoms with Crippen LogP contribution in [0, 0.1) is 27.7 Å². The zero-order valence-electron chi connectivity index (χ0n) is 21.8. The van der Waals surface area contributed by atoms with Gasteiger partial charge in [-0.3, -0.25) is 4.40 Å². The first-order chi connectivity index (χ1) is 18.5. The Morgan fingerprint density at radius 2 is 1.32 bits per heavy atom. The van der Waals surface area contributed by atoms with Crippen LogP contribution in [0.2, 0.25) is 0 Å². The molecule has 0 saturated carbocycles. The van der Waals surface area contributed by atoms with E-state index in [2.05, 4.69) is 85.2 Å².